The lowest BCUT2D eigenvalue weighted by Crippen LogP contribution is -2.40. The molecule has 1 N–H and O–H groups in total. The number of nitrogens with one attached hydrogen (secondary N) is 1. The van der Waals surface area contributed by atoms with E-state index in [-0.39, 0.29) is 6.03 Å². The molecule has 2 saturated heterocycles. The molecule has 2 aliphatic heterocycles. The first-order valence-corrected chi connectivity index (χ1v) is 15.1. The fourth-order valence-corrected chi connectivity index (χ4v) is 6.49. The van der Waals surface area contributed by atoms with Gasteiger partial charge < -0.3 is 15.0 Å². The van der Waals surface area contributed by atoms with Crippen LogP contribution >= 0.6 is 0 Å². The van der Waals surface area contributed by atoms with Crippen molar-refractivity contribution < 1.29 is 9.53 Å². The molecule has 0 unspecified atom stereocenters. The minimum Gasteiger partial charge on any atom is -0.497 e. The maximum Gasteiger partial charge on any atom is 0.321 e. The third-order valence-electron chi connectivity index (χ3n) is 9.07. The van der Waals surface area contributed by atoms with Crippen molar-refractivity contribution in [2.45, 2.75) is 51.0 Å². The predicted molar refractivity (Wildman–Crippen MR) is 168 cm³/mol. The second kappa shape index (κ2) is 12.4. The van der Waals surface area contributed by atoms with E-state index in [2.05, 4.69) is 83.9 Å². The highest BCUT2D eigenvalue weighted by molar-refractivity contribution is 5.93. The Balaban J connectivity index is 1.00. The number of carbonyl (C=O) groups excluding carboxylic acids is 1. The maximum atomic E-state index is 13.0. The molecule has 5 nitrogen and oxygen atoms in total. The Morgan fingerprint density at radius 2 is 1.34 bits per heavy atom. The number of nitrogens with zero attached hydrogens (tertiary/aromatic N) is 2. The lowest BCUT2D eigenvalue weighted by Gasteiger charge is -2.32. The number of benzene rings is 4. The predicted octanol–water partition coefficient (Wildman–Crippen LogP) is 7.95. The summed E-state index contributed by atoms with van der Waals surface area (Å²) in [5, 5.41) is 5.51. The monoisotopic (exact) mass is 547 g/mol. The summed E-state index contributed by atoms with van der Waals surface area (Å²) in [5.74, 6) is 2.04. The number of ether oxygens (including phenoxy) is 1. The van der Waals surface area contributed by atoms with Gasteiger partial charge in [-0.05, 0) is 115 Å². The number of piperidine rings is 2. The van der Waals surface area contributed by atoms with E-state index >= 15 is 0 Å². The van der Waals surface area contributed by atoms with Crippen LogP contribution in [0.5, 0.6) is 5.75 Å². The van der Waals surface area contributed by atoms with Gasteiger partial charge in [-0.3, -0.25) is 4.90 Å². The Morgan fingerprint density at radius 1 is 0.756 bits per heavy atom. The van der Waals surface area contributed by atoms with Gasteiger partial charge in [-0.25, -0.2) is 4.79 Å². The van der Waals surface area contributed by atoms with E-state index in [0.29, 0.717) is 11.8 Å². The van der Waals surface area contributed by atoms with Crippen LogP contribution < -0.4 is 10.1 Å². The van der Waals surface area contributed by atoms with Gasteiger partial charge in [0.25, 0.3) is 0 Å². The van der Waals surface area contributed by atoms with Gasteiger partial charge in [0, 0.05) is 25.3 Å². The van der Waals surface area contributed by atoms with Crippen LogP contribution in [0.25, 0.3) is 10.8 Å². The summed E-state index contributed by atoms with van der Waals surface area (Å²) in [5.41, 5.74) is 6.35. The molecule has 0 atom stereocenters. The van der Waals surface area contributed by atoms with E-state index in [1.54, 1.807) is 7.11 Å². The van der Waals surface area contributed by atoms with Crippen molar-refractivity contribution in [3.63, 3.8) is 0 Å². The number of anilines is 1. The van der Waals surface area contributed by atoms with Gasteiger partial charge in [0.1, 0.15) is 5.75 Å². The van der Waals surface area contributed by atoms with E-state index in [1.165, 1.54) is 40.5 Å². The third kappa shape index (κ3) is 6.57. The third-order valence-corrected chi connectivity index (χ3v) is 9.07. The second-order valence-corrected chi connectivity index (χ2v) is 11.8. The number of rotatable bonds is 6. The van der Waals surface area contributed by atoms with Crippen molar-refractivity contribution in [1.82, 2.24) is 9.80 Å². The molecule has 0 aliphatic carbocycles. The highest BCUT2D eigenvalue weighted by atomic mass is 16.5. The summed E-state index contributed by atoms with van der Waals surface area (Å²) < 4.78 is 5.28. The Labute approximate surface area is 244 Å². The Hall–Kier alpha value is -3.83. The van der Waals surface area contributed by atoms with Crippen LogP contribution in [0.1, 0.15) is 59.8 Å². The fourth-order valence-electron chi connectivity index (χ4n) is 6.49. The van der Waals surface area contributed by atoms with Gasteiger partial charge in [0.2, 0.25) is 0 Å². The van der Waals surface area contributed by atoms with Crippen LogP contribution in [-0.2, 0) is 6.54 Å². The average molecular weight is 548 g/mol. The SMILES string of the molecule is COc1ccc(C2CCN(C(=O)Nc3ccc4cc(CN5CCC(c6ccc(C)cc6)CC5)ccc4c3)CC2)cc1. The van der Waals surface area contributed by atoms with Crippen LogP contribution in [0.3, 0.4) is 0 Å². The van der Waals surface area contributed by atoms with Crippen molar-refractivity contribution in [3.05, 3.63) is 107 Å². The topological polar surface area (TPSA) is 44.8 Å². The van der Waals surface area contributed by atoms with Crippen molar-refractivity contribution in [2.75, 3.05) is 38.6 Å². The average Bonchev–Trinajstić information content (AvgIpc) is 3.02. The molecule has 2 fully saturated rings. The normalized spacial score (nSPS) is 17.1. The highest BCUT2D eigenvalue weighted by Crippen LogP contribution is 2.31. The molecule has 2 aliphatic rings. The molecule has 0 aromatic heterocycles. The van der Waals surface area contributed by atoms with Crippen molar-refractivity contribution in [3.8, 4) is 5.75 Å². The summed E-state index contributed by atoms with van der Waals surface area (Å²) >= 11 is 0. The number of urea groups is 1. The van der Waals surface area contributed by atoms with E-state index < -0.39 is 0 Å². The van der Waals surface area contributed by atoms with E-state index in [4.69, 9.17) is 4.74 Å². The molecule has 212 valence electrons. The molecular formula is C36H41N3O2. The molecule has 5 heteroatoms. The number of likely N-dealkylation sites (tertiary alicyclic amines) is 2. The number of hydrogen-bond acceptors (Lipinski definition) is 3. The first-order chi connectivity index (χ1) is 20.0. The second-order valence-electron chi connectivity index (χ2n) is 11.8. The zero-order valence-corrected chi connectivity index (χ0v) is 24.3. The summed E-state index contributed by atoms with van der Waals surface area (Å²) in [4.78, 5) is 17.5. The highest BCUT2D eigenvalue weighted by Gasteiger charge is 2.24. The number of aryl methyl sites for hydroxylation is 1. The molecule has 4 aromatic carbocycles. The van der Waals surface area contributed by atoms with Crippen LogP contribution in [0.2, 0.25) is 0 Å². The van der Waals surface area contributed by atoms with Crippen molar-refractivity contribution in [1.29, 1.82) is 0 Å². The van der Waals surface area contributed by atoms with Crippen molar-refractivity contribution in [2.24, 2.45) is 0 Å². The quantitative estimate of drug-likeness (QED) is 0.266. The summed E-state index contributed by atoms with van der Waals surface area (Å²) in [6, 6.07) is 30.4. The molecule has 0 bridgehead atoms. The van der Waals surface area contributed by atoms with Crippen LogP contribution in [0, 0.1) is 6.92 Å². The molecule has 0 saturated carbocycles. The molecule has 6 rings (SSSR count). The van der Waals surface area contributed by atoms with Gasteiger partial charge in [0.15, 0.2) is 0 Å². The maximum absolute atomic E-state index is 13.0. The van der Waals surface area contributed by atoms with Gasteiger partial charge in [-0.1, -0.05) is 60.2 Å². The van der Waals surface area contributed by atoms with E-state index in [0.717, 1.165) is 62.4 Å². The van der Waals surface area contributed by atoms with E-state index in [9.17, 15) is 4.79 Å². The smallest absolute Gasteiger partial charge is 0.321 e. The fraction of sp³-hybridized carbons (Fsp3) is 0.361. The number of methoxy groups -OCH3 is 1. The molecule has 2 amide bonds. The van der Waals surface area contributed by atoms with Crippen molar-refractivity contribution >= 4 is 22.5 Å². The van der Waals surface area contributed by atoms with Gasteiger partial charge in [-0.15, -0.1) is 0 Å². The Bertz CT molecular complexity index is 1470. The molecule has 2 heterocycles. The first kappa shape index (κ1) is 27.3. The number of hydrogen-bond donors (Lipinski definition) is 1. The van der Waals surface area contributed by atoms with Gasteiger partial charge in [-0.2, -0.15) is 0 Å². The molecule has 4 aromatic rings. The Kier molecular flexibility index (Phi) is 8.24. The van der Waals surface area contributed by atoms with Crippen LogP contribution in [-0.4, -0.2) is 49.1 Å². The van der Waals surface area contributed by atoms with Crippen LogP contribution in [0.4, 0.5) is 10.5 Å². The zero-order valence-electron chi connectivity index (χ0n) is 24.3. The van der Waals surface area contributed by atoms with Gasteiger partial charge in [0.05, 0.1) is 7.11 Å². The molecule has 0 radical (unpaired) electrons. The number of fused-ring (bicyclic) bond motifs is 1. The first-order valence-electron chi connectivity index (χ1n) is 15.1. The van der Waals surface area contributed by atoms with Gasteiger partial charge >= 0.3 is 6.03 Å². The summed E-state index contributed by atoms with van der Waals surface area (Å²) in [6.45, 7) is 6.95. The summed E-state index contributed by atoms with van der Waals surface area (Å²) in [7, 11) is 1.69. The van der Waals surface area contributed by atoms with E-state index in [1.807, 2.05) is 23.1 Å². The molecule has 41 heavy (non-hydrogen) atoms. The summed E-state index contributed by atoms with van der Waals surface area (Å²) in [6.07, 6.45) is 4.39. The molecule has 0 spiro atoms. The standard InChI is InChI=1S/C36H41N3O2/c1-26-3-6-28(7-4-26)30-15-19-38(20-16-30)25-27-5-8-33-24-34(12-9-32(33)23-27)37-36(40)39-21-17-31(18-22-39)29-10-13-35(41-2)14-11-29/h3-14,23-24,30-31H,15-22,25H2,1-2H3,(H,37,40). The Morgan fingerprint density at radius 3 is 2.00 bits per heavy atom. The number of carbonyl (C=O) groups is 1. The number of amides is 2. The zero-order chi connectivity index (χ0) is 28.2. The largest absolute Gasteiger partial charge is 0.497 e. The molecular weight excluding hydrogens is 506 g/mol. The lowest BCUT2D eigenvalue weighted by molar-refractivity contribution is 0.194. The minimum atomic E-state index is -0.0109. The van der Waals surface area contributed by atoms with Crippen LogP contribution in [0.15, 0.2) is 84.9 Å². The minimum absolute atomic E-state index is 0.0109. The lowest BCUT2D eigenvalue weighted by atomic mass is 9.89.